The molecule has 0 aromatic carbocycles. The highest BCUT2D eigenvalue weighted by atomic mass is 35.5. The molecule has 0 radical (unpaired) electrons. The lowest BCUT2D eigenvalue weighted by molar-refractivity contribution is 0.304. The van der Waals surface area contributed by atoms with Crippen molar-refractivity contribution in [3.05, 3.63) is 0 Å². The maximum Gasteiger partial charge on any atom is -0.00111 e. The van der Waals surface area contributed by atoms with E-state index in [9.17, 15) is 0 Å². The van der Waals surface area contributed by atoms with Gasteiger partial charge >= 0.3 is 0 Å². The predicted octanol–water partition coefficient (Wildman–Crippen LogP) is 3.61. The minimum absolute atomic E-state index is 0. The normalized spacial score (nSPS) is 11.0. The highest BCUT2D eigenvalue weighted by Crippen LogP contribution is 2.06. The van der Waals surface area contributed by atoms with E-state index in [1.165, 1.54) is 63.6 Å². The molecule has 0 bridgehead atoms. The average Bonchev–Trinajstić information content (AvgIpc) is 2.37. The van der Waals surface area contributed by atoms with Gasteiger partial charge in [0.25, 0.3) is 0 Å². The molecule has 0 saturated carbocycles. The summed E-state index contributed by atoms with van der Waals surface area (Å²) in [4.78, 5) is 5.02. The minimum Gasteiger partial charge on any atom is -0.304 e. The maximum absolute atomic E-state index is 2.51. The van der Waals surface area contributed by atoms with Crippen molar-refractivity contribution in [2.45, 2.75) is 40.5 Å². The summed E-state index contributed by atoms with van der Waals surface area (Å²) >= 11 is 2.13. The molecule has 0 aromatic heterocycles. The van der Waals surface area contributed by atoms with Crippen molar-refractivity contribution in [2.75, 3.05) is 50.8 Å². The Hall–Kier alpha value is 0.560. The van der Waals surface area contributed by atoms with E-state index in [4.69, 9.17) is 0 Å². The van der Waals surface area contributed by atoms with Gasteiger partial charge in [0.1, 0.15) is 0 Å². The zero-order valence-electron chi connectivity index (χ0n) is 12.8. The van der Waals surface area contributed by atoms with Crippen molar-refractivity contribution in [2.24, 2.45) is 0 Å². The summed E-state index contributed by atoms with van der Waals surface area (Å²) < 4.78 is 0. The molecule has 18 heavy (non-hydrogen) atoms. The first-order chi connectivity index (χ1) is 8.28. The zero-order valence-corrected chi connectivity index (χ0v) is 14.4. The smallest absolute Gasteiger partial charge is 0.00111 e. The van der Waals surface area contributed by atoms with Crippen LogP contribution in [0.2, 0.25) is 0 Å². The molecule has 0 N–H and O–H groups in total. The van der Waals surface area contributed by atoms with Gasteiger partial charge in [-0.15, -0.1) is 12.4 Å². The van der Waals surface area contributed by atoms with Gasteiger partial charge in [0, 0.05) is 0 Å². The minimum atomic E-state index is 0. The number of rotatable bonds is 12. The van der Waals surface area contributed by atoms with E-state index in [0.29, 0.717) is 0 Å². The van der Waals surface area contributed by atoms with E-state index >= 15 is 0 Å². The highest BCUT2D eigenvalue weighted by Gasteiger charge is 2.00. The molecule has 0 saturated heterocycles. The van der Waals surface area contributed by atoms with Crippen LogP contribution < -0.4 is 0 Å². The monoisotopic (exact) mass is 296 g/mol. The Bertz CT molecular complexity index is 135. The van der Waals surface area contributed by atoms with Crippen molar-refractivity contribution in [1.82, 2.24) is 9.80 Å². The van der Waals surface area contributed by atoms with Crippen LogP contribution in [0.1, 0.15) is 40.5 Å². The standard InChI is InChI=1S/C14H32N2S.ClH/c1-5-15(6-2)11-9-13-17-14-10-12-16(7-3)8-4;/h5-14H2,1-4H3;1H. The summed E-state index contributed by atoms with van der Waals surface area (Å²) in [6.07, 6.45) is 2.69. The molecule has 0 atom stereocenters. The molecule has 0 amide bonds. The van der Waals surface area contributed by atoms with Crippen LogP contribution in [0.5, 0.6) is 0 Å². The lowest BCUT2D eigenvalue weighted by Gasteiger charge is -2.18. The molecule has 0 aliphatic carbocycles. The van der Waals surface area contributed by atoms with Gasteiger partial charge in [0.15, 0.2) is 0 Å². The SMILES string of the molecule is CCN(CC)CCCSCCCN(CC)CC.Cl. The van der Waals surface area contributed by atoms with Crippen LogP contribution in [0.3, 0.4) is 0 Å². The average molecular weight is 297 g/mol. The quantitative estimate of drug-likeness (QED) is 0.508. The van der Waals surface area contributed by atoms with Crippen LogP contribution >= 0.6 is 24.2 Å². The summed E-state index contributed by atoms with van der Waals surface area (Å²) in [6, 6.07) is 0. The Morgan fingerprint density at radius 3 is 1.28 bits per heavy atom. The first-order valence-electron chi connectivity index (χ1n) is 7.30. The highest BCUT2D eigenvalue weighted by molar-refractivity contribution is 7.99. The second-order valence-electron chi connectivity index (χ2n) is 4.37. The number of halogens is 1. The van der Waals surface area contributed by atoms with Crippen LogP contribution in [0.4, 0.5) is 0 Å². The van der Waals surface area contributed by atoms with E-state index in [1.54, 1.807) is 0 Å². The first kappa shape index (κ1) is 20.9. The van der Waals surface area contributed by atoms with Gasteiger partial charge in [-0.3, -0.25) is 0 Å². The van der Waals surface area contributed by atoms with Crippen LogP contribution in [0.25, 0.3) is 0 Å². The fourth-order valence-electron chi connectivity index (χ4n) is 1.96. The molecule has 0 aliphatic heterocycles. The Labute approximate surface area is 125 Å². The molecular formula is C14H33ClN2S. The molecule has 0 heterocycles. The third kappa shape index (κ3) is 11.6. The van der Waals surface area contributed by atoms with E-state index < -0.39 is 0 Å². The van der Waals surface area contributed by atoms with Gasteiger partial charge in [-0.2, -0.15) is 11.8 Å². The molecule has 0 rings (SSSR count). The molecule has 0 aromatic rings. The number of thioether (sulfide) groups is 1. The Morgan fingerprint density at radius 2 is 1.00 bits per heavy atom. The Balaban J connectivity index is 0. The molecule has 0 spiro atoms. The second-order valence-corrected chi connectivity index (χ2v) is 5.60. The molecule has 4 heteroatoms. The summed E-state index contributed by atoms with van der Waals surface area (Å²) in [6.45, 7) is 16.3. The summed E-state index contributed by atoms with van der Waals surface area (Å²) in [5.41, 5.74) is 0. The van der Waals surface area contributed by atoms with Gasteiger partial charge in [-0.1, -0.05) is 27.7 Å². The Kier molecular flexibility index (Phi) is 18.1. The molecule has 0 fully saturated rings. The number of hydrogen-bond acceptors (Lipinski definition) is 3. The largest absolute Gasteiger partial charge is 0.304 e. The molecule has 2 nitrogen and oxygen atoms in total. The Morgan fingerprint density at radius 1 is 0.667 bits per heavy atom. The van der Waals surface area contributed by atoms with E-state index in [0.717, 1.165) is 0 Å². The van der Waals surface area contributed by atoms with E-state index in [2.05, 4.69) is 49.3 Å². The van der Waals surface area contributed by atoms with Crippen LogP contribution in [-0.2, 0) is 0 Å². The fraction of sp³-hybridized carbons (Fsp3) is 1.00. The van der Waals surface area contributed by atoms with Gasteiger partial charge in [0.2, 0.25) is 0 Å². The van der Waals surface area contributed by atoms with Gasteiger partial charge in [-0.05, 0) is 63.6 Å². The van der Waals surface area contributed by atoms with Gasteiger partial charge in [0.05, 0.1) is 0 Å². The summed E-state index contributed by atoms with van der Waals surface area (Å²) in [5, 5.41) is 0. The third-order valence-corrected chi connectivity index (χ3v) is 4.47. The lowest BCUT2D eigenvalue weighted by Crippen LogP contribution is -2.25. The molecule has 0 aliphatic rings. The fourth-order valence-corrected chi connectivity index (χ4v) is 2.83. The number of nitrogens with zero attached hydrogens (tertiary/aromatic N) is 2. The van der Waals surface area contributed by atoms with Crippen LogP contribution in [-0.4, -0.2) is 60.6 Å². The third-order valence-electron chi connectivity index (χ3n) is 3.31. The van der Waals surface area contributed by atoms with Crippen molar-refractivity contribution >= 4 is 24.2 Å². The van der Waals surface area contributed by atoms with E-state index in [-0.39, 0.29) is 12.4 Å². The van der Waals surface area contributed by atoms with E-state index in [1.807, 2.05) is 0 Å². The van der Waals surface area contributed by atoms with Crippen molar-refractivity contribution in [3.8, 4) is 0 Å². The number of hydrogen-bond donors (Lipinski definition) is 0. The topological polar surface area (TPSA) is 6.48 Å². The lowest BCUT2D eigenvalue weighted by atomic mass is 10.4. The molecular weight excluding hydrogens is 264 g/mol. The second kappa shape index (κ2) is 15.6. The summed E-state index contributed by atoms with van der Waals surface area (Å²) in [7, 11) is 0. The van der Waals surface area contributed by atoms with Crippen LogP contribution in [0.15, 0.2) is 0 Å². The first-order valence-corrected chi connectivity index (χ1v) is 8.46. The molecule has 112 valence electrons. The maximum atomic E-state index is 2.51. The zero-order chi connectivity index (χ0) is 12.9. The molecule has 0 unspecified atom stereocenters. The van der Waals surface area contributed by atoms with Crippen molar-refractivity contribution in [3.63, 3.8) is 0 Å². The van der Waals surface area contributed by atoms with Crippen LogP contribution in [0, 0.1) is 0 Å². The predicted molar refractivity (Wildman–Crippen MR) is 89.4 cm³/mol. The van der Waals surface area contributed by atoms with Crippen molar-refractivity contribution in [1.29, 1.82) is 0 Å². The van der Waals surface area contributed by atoms with Gasteiger partial charge in [-0.25, -0.2) is 0 Å². The summed E-state index contributed by atoms with van der Waals surface area (Å²) in [5.74, 6) is 2.66. The van der Waals surface area contributed by atoms with Crippen molar-refractivity contribution < 1.29 is 0 Å². The van der Waals surface area contributed by atoms with Gasteiger partial charge < -0.3 is 9.80 Å².